The lowest BCUT2D eigenvalue weighted by molar-refractivity contribution is -0.135. The molecule has 0 radical (unpaired) electrons. The molecule has 0 aromatic carbocycles. The molecule has 104 valence electrons. The third kappa shape index (κ3) is 4.29. The van der Waals surface area contributed by atoms with E-state index in [1.165, 1.54) is 0 Å². The van der Waals surface area contributed by atoms with Crippen molar-refractivity contribution in [1.82, 2.24) is 14.7 Å². The quantitative estimate of drug-likeness (QED) is 0.731. The van der Waals surface area contributed by atoms with Crippen LogP contribution in [0.25, 0.3) is 0 Å². The smallest absolute Gasteiger partial charge is 0.224 e. The Morgan fingerprint density at radius 2 is 1.72 bits per heavy atom. The van der Waals surface area contributed by atoms with Crippen molar-refractivity contribution in [3.05, 3.63) is 0 Å². The van der Waals surface area contributed by atoms with Crippen LogP contribution in [0.15, 0.2) is 0 Å². The molecular weight excluding hydrogens is 230 g/mol. The minimum Gasteiger partial charge on any atom is -0.340 e. The third-order valence-electron chi connectivity index (χ3n) is 3.45. The van der Waals surface area contributed by atoms with E-state index in [2.05, 4.69) is 11.9 Å². The van der Waals surface area contributed by atoms with Crippen LogP contribution in [0.1, 0.15) is 27.2 Å². The lowest BCUT2D eigenvalue weighted by Gasteiger charge is -2.33. The van der Waals surface area contributed by atoms with Gasteiger partial charge in [-0.05, 0) is 20.9 Å². The maximum absolute atomic E-state index is 12.0. The van der Waals surface area contributed by atoms with E-state index in [-0.39, 0.29) is 17.9 Å². The predicted molar refractivity (Wildman–Crippen MR) is 71.2 cm³/mol. The van der Waals surface area contributed by atoms with Crippen molar-refractivity contribution in [2.24, 2.45) is 0 Å². The Morgan fingerprint density at radius 3 is 2.17 bits per heavy atom. The fourth-order valence-electron chi connectivity index (χ4n) is 2.21. The number of nitrogens with zero attached hydrogens (tertiary/aromatic N) is 3. The van der Waals surface area contributed by atoms with Crippen LogP contribution >= 0.6 is 0 Å². The molecule has 0 N–H and O–H groups in total. The SMILES string of the molecule is CC(=O)N(CCC(=O)N1CCN(C)CC1)C(C)C. The van der Waals surface area contributed by atoms with Crippen LogP contribution < -0.4 is 0 Å². The molecule has 1 heterocycles. The van der Waals surface area contributed by atoms with Gasteiger partial charge in [-0.3, -0.25) is 9.59 Å². The standard InChI is InChI=1S/C13H25N3O2/c1-11(2)16(12(3)17)6-5-13(18)15-9-7-14(4)8-10-15/h11H,5-10H2,1-4H3. The highest BCUT2D eigenvalue weighted by Gasteiger charge is 2.20. The summed E-state index contributed by atoms with van der Waals surface area (Å²) in [5.74, 6) is 0.200. The van der Waals surface area contributed by atoms with Gasteiger partial charge in [0.05, 0.1) is 0 Å². The minimum atomic E-state index is 0.0381. The van der Waals surface area contributed by atoms with Gasteiger partial charge in [0.2, 0.25) is 11.8 Å². The largest absolute Gasteiger partial charge is 0.340 e. The number of likely N-dealkylation sites (N-methyl/N-ethyl adjacent to an activating group) is 1. The molecule has 0 aromatic heterocycles. The highest BCUT2D eigenvalue weighted by Crippen LogP contribution is 2.05. The first-order valence-corrected chi connectivity index (χ1v) is 6.65. The number of hydrogen-bond donors (Lipinski definition) is 0. The minimum absolute atomic E-state index is 0.0381. The van der Waals surface area contributed by atoms with Gasteiger partial charge in [0.1, 0.15) is 0 Å². The summed E-state index contributed by atoms with van der Waals surface area (Å²) >= 11 is 0. The monoisotopic (exact) mass is 255 g/mol. The first kappa shape index (κ1) is 15.0. The molecule has 0 aliphatic carbocycles. The normalized spacial score (nSPS) is 17.1. The van der Waals surface area contributed by atoms with Crippen LogP contribution in [-0.4, -0.2) is 72.3 Å². The highest BCUT2D eigenvalue weighted by molar-refractivity contribution is 5.78. The van der Waals surface area contributed by atoms with Gasteiger partial charge in [-0.2, -0.15) is 0 Å². The number of carbonyl (C=O) groups excluding carboxylic acids is 2. The summed E-state index contributed by atoms with van der Waals surface area (Å²) in [6.45, 7) is 9.51. The van der Waals surface area contributed by atoms with Gasteiger partial charge in [0, 0.05) is 52.1 Å². The summed E-state index contributed by atoms with van der Waals surface area (Å²) in [5.41, 5.74) is 0. The van der Waals surface area contributed by atoms with Gasteiger partial charge < -0.3 is 14.7 Å². The average Bonchev–Trinajstić information content (AvgIpc) is 2.28. The van der Waals surface area contributed by atoms with E-state index >= 15 is 0 Å². The zero-order valence-corrected chi connectivity index (χ0v) is 12.0. The fourth-order valence-corrected chi connectivity index (χ4v) is 2.21. The van der Waals surface area contributed by atoms with Crippen molar-refractivity contribution in [3.8, 4) is 0 Å². The molecule has 0 saturated carbocycles. The van der Waals surface area contributed by atoms with E-state index in [0.717, 1.165) is 26.2 Å². The summed E-state index contributed by atoms with van der Waals surface area (Å²) in [4.78, 5) is 29.3. The number of carbonyl (C=O) groups is 2. The van der Waals surface area contributed by atoms with Crippen LogP contribution in [-0.2, 0) is 9.59 Å². The highest BCUT2D eigenvalue weighted by atomic mass is 16.2. The molecule has 0 atom stereocenters. The van der Waals surface area contributed by atoms with Crippen molar-refractivity contribution in [3.63, 3.8) is 0 Å². The number of amides is 2. The lowest BCUT2D eigenvalue weighted by atomic mass is 10.2. The zero-order chi connectivity index (χ0) is 13.7. The fraction of sp³-hybridized carbons (Fsp3) is 0.846. The van der Waals surface area contributed by atoms with Gasteiger partial charge in [0.25, 0.3) is 0 Å². The van der Waals surface area contributed by atoms with Crippen LogP contribution in [0.3, 0.4) is 0 Å². The Bertz CT molecular complexity index is 297. The third-order valence-corrected chi connectivity index (χ3v) is 3.45. The van der Waals surface area contributed by atoms with Crippen LogP contribution in [0.5, 0.6) is 0 Å². The Labute approximate surface area is 110 Å². The molecular formula is C13H25N3O2. The molecule has 1 aliphatic heterocycles. The Kier molecular flexibility index (Phi) is 5.59. The molecule has 0 aromatic rings. The Balaban J connectivity index is 2.38. The van der Waals surface area contributed by atoms with Crippen molar-refractivity contribution in [2.75, 3.05) is 39.8 Å². The summed E-state index contributed by atoms with van der Waals surface area (Å²) in [6, 6.07) is 0.155. The molecule has 0 bridgehead atoms. The second kappa shape index (κ2) is 6.73. The second-order valence-corrected chi connectivity index (χ2v) is 5.24. The maximum atomic E-state index is 12.0. The first-order chi connectivity index (χ1) is 8.41. The molecule has 1 saturated heterocycles. The molecule has 0 spiro atoms. The van der Waals surface area contributed by atoms with Crippen LogP contribution in [0.2, 0.25) is 0 Å². The van der Waals surface area contributed by atoms with Gasteiger partial charge in [-0.25, -0.2) is 0 Å². The van der Waals surface area contributed by atoms with Crippen molar-refractivity contribution < 1.29 is 9.59 Å². The van der Waals surface area contributed by atoms with E-state index in [9.17, 15) is 9.59 Å². The van der Waals surface area contributed by atoms with Crippen LogP contribution in [0, 0.1) is 0 Å². The Morgan fingerprint density at radius 1 is 1.17 bits per heavy atom. The summed E-state index contributed by atoms with van der Waals surface area (Å²) in [6.07, 6.45) is 0.432. The van der Waals surface area contributed by atoms with Crippen molar-refractivity contribution in [2.45, 2.75) is 33.2 Å². The molecule has 1 rings (SSSR count). The van der Waals surface area contributed by atoms with E-state index < -0.39 is 0 Å². The van der Waals surface area contributed by atoms with Gasteiger partial charge in [-0.1, -0.05) is 0 Å². The van der Waals surface area contributed by atoms with Crippen LogP contribution in [0.4, 0.5) is 0 Å². The molecule has 5 nitrogen and oxygen atoms in total. The molecule has 1 fully saturated rings. The zero-order valence-electron chi connectivity index (χ0n) is 12.0. The summed E-state index contributed by atoms with van der Waals surface area (Å²) in [7, 11) is 2.07. The van der Waals surface area contributed by atoms with Gasteiger partial charge in [-0.15, -0.1) is 0 Å². The molecule has 2 amide bonds. The Hall–Kier alpha value is -1.10. The van der Waals surface area contributed by atoms with Gasteiger partial charge in [0.15, 0.2) is 0 Å². The van der Waals surface area contributed by atoms with E-state index in [4.69, 9.17) is 0 Å². The average molecular weight is 255 g/mol. The molecule has 0 unspecified atom stereocenters. The van der Waals surface area contributed by atoms with E-state index in [1.54, 1.807) is 11.8 Å². The summed E-state index contributed by atoms with van der Waals surface area (Å²) in [5, 5.41) is 0. The number of hydrogen-bond acceptors (Lipinski definition) is 3. The first-order valence-electron chi connectivity index (χ1n) is 6.65. The van der Waals surface area contributed by atoms with Crippen molar-refractivity contribution in [1.29, 1.82) is 0 Å². The number of rotatable bonds is 4. The van der Waals surface area contributed by atoms with Crippen molar-refractivity contribution >= 4 is 11.8 Å². The predicted octanol–water partition coefficient (Wildman–Crippen LogP) is 0.407. The van der Waals surface area contributed by atoms with E-state index in [1.807, 2.05) is 18.7 Å². The topological polar surface area (TPSA) is 43.9 Å². The molecule has 1 aliphatic rings. The lowest BCUT2D eigenvalue weighted by Crippen LogP contribution is -2.48. The molecule has 18 heavy (non-hydrogen) atoms. The van der Waals surface area contributed by atoms with Gasteiger partial charge >= 0.3 is 0 Å². The summed E-state index contributed by atoms with van der Waals surface area (Å²) < 4.78 is 0. The second-order valence-electron chi connectivity index (χ2n) is 5.24. The number of piperazine rings is 1. The molecule has 5 heteroatoms. The van der Waals surface area contributed by atoms with E-state index in [0.29, 0.717) is 13.0 Å². The maximum Gasteiger partial charge on any atom is 0.224 e.